The molecule has 0 N–H and O–H groups in total. The van der Waals surface area contributed by atoms with E-state index in [1.165, 1.54) is 36.5 Å². The lowest BCUT2D eigenvalue weighted by molar-refractivity contribution is -0.165. The number of carbonyl (C=O) groups excluding carboxylic acids is 1. The SMILES string of the molecule is COc1cc2ncc(-c3ccc(CC(=O)/C=C/Cc4cc(C5(C(F)(F)F)CC5)on4)c(F)c3)nc2cc1OCCN(C)C. The van der Waals surface area contributed by atoms with Gasteiger partial charge in [0.2, 0.25) is 0 Å². The number of carbonyl (C=O) groups is 1. The van der Waals surface area contributed by atoms with Crippen LogP contribution in [-0.2, 0) is 23.1 Å². The fourth-order valence-corrected chi connectivity index (χ4v) is 4.61. The minimum Gasteiger partial charge on any atom is -0.493 e. The summed E-state index contributed by atoms with van der Waals surface area (Å²) in [4.78, 5) is 23.5. The Kier molecular flexibility index (Phi) is 8.50. The van der Waals surface area contributed by atoms with Gasteiger partial charge in [0.25, 0.3) is 0 Å². The van der Waals surface area contributed by atoms with Crippen LogP contribution in [-0.4, -0.2) is 66.3 Å². The van der Waals surface area contributed by atoms with Crippen molar-refractivity contribution in [2.45, 2.75) is 37.3 Å². The van der Waals surface area contributed by atoms with Gasteiger partial charge in [-0.1, -0.05) is 23.4 Å². The van der Waals surface area contributed by atoms with Crippen molar-refractivity contribution < 1.29 is 36.4 Å². The molecule has 1 fully saturated rings. The Morgan fingerprint density at radius 1 is 1.12 bits per heavy atom. The van der Waals surface area contributed by atoms with Crippen LogP contribution in [0.15, 0.2) is 59.3 Å². The lowest BCUT2D eigenvalue weighted by Crippen LogP contribution is -2.28. The Balaban J connectivity index is 1.23. The Morgan fingerprint density at radius 3 is 2.56 bits per heavy atom. The molecule has 5 rings (SSSR count). The molecule has 12 heteroatoms. The van der Waals surface area contributed by atoms with Gasteiger partial charge in [0, 0.05) is 43.1 Å². The third-order valence-corrected chi connectivity index (χ3v) is 7.29. The van der Waals surface area contributed by atoms with Crippen LogP contribution < -0.4 is 9.47 Å². The number of hydrogen-bond acceptors (Lipinski definition) is 8. The smallest absolute Gasteiger partial charge is 0.401 e. The zero-order valence-electron chi connectivity index (χ0n) is 23.9. The Morgan fingerprint density at radius 2 is 1.88 bits per heavy atom. The van der Waals surface area contributed by atoms with Crippen LogP contribution in [0.2, 0.25) is 0 Å². The number of rotatable bonds is 12. The van der Waals surface area contributed by atoms with Gasteiger partial charge in [-0.05, 0) is 44.6 Å². The largest absolute Gasteiger partial charge is 0.493 e. The maximum Gasteiger partial charge on any atom is 0.401 e. The van der Waals surface area contributed by atoms with Gasteiger partial charge in [-0.3, -0.25) is 9.78 Å². The molecule has 2 heterocycles. The fraction of sp³-hybridized carbons (Fsp3) is 0.355. The van der Waals surface area contributed by atoms with E-state index in [4.69, 9.17) is 14.0 Å². The Labute approximate surface area is 245 Å². The highest BCUT2D eigenvalue weighted by atomic mass is 19.4. The van der Waals surface area contributed by atoms with E-state index >= 15 is 4.39 Å². The summed E-state index contributed by atoms with van der Waals surface area (Å²) in [7, 11) is 5.43. The van der Waals surface area contributed by atoms with Crippen molar-refractivity contribution in [3.05, 3.63) is 77.6 Å². The van der Waals surface area contributed by atoms with Crippen molar-refractivity contribution in [3.8, 4) is 22.8 Å². The molecule has 1 aliphatic carbocycles. The van der Waals surface area contributed by atoms with Crippen LogP contribution in [0.25, 0.3) is 22.3 Å². The van der Waals surface area contributed by atoms with E-state index in [0.29, 0.717) is 46.9 Å². The molecule has 226 valence electrons. The van der Waals surface area contributed by atoms with Crippen LogP contribution in [0.1, 0.15) is 29.9 Å². The molecule has 0 bridgehead atoms. The first-order valence-corrected chi connectivity index (χ1v) is 13.6. The number of ketones is 1. The maximum absolute atomic E-state index is 15.0. The van der Waals surface area contributed by atoms with Crippen molar-refractivity contribution in [2.75, 3.05) is 34.4 Å². The van der Waals surface area contributed by atoms with Gasteiger partial charge < -0.3 is 18.9 Å². The molecule has 0 saturated heterocycles. The third kappa shape index (κ3) is 6.69. The van der Waals surface area contributed by atoms with Crippen LogP contribution in [0.4, 0.5) is 17.6 Å². The van der Waals surface area contributed by atoms with E-state index in [1.807, 2.05) is 19.0 Å². The molecule has 0 aliphatic heterocycles. The van der Waals surface area contributed by atoms with E-state index in [1.54, 1.807) is 25.3 Å². The number of benzene rings is 2. The lowest BCUT2D eigenvalue weighted by Gasteiger charge is -2.15. The quantitative estimate of drug-likeness (QED) is 0.148. The van der Waals surface area contributed by atoms with E-state index < -0.39 is 17.4 Å². The van der Waals surface area contributed by atoms with Crippen LogP contribution in [0, 0.1) is 5.82 Å². The van der Waals surface area contributed by atoms with Gasteiger partial charge in [0.05, 0.1) is 35.7 Å². The van der Waals surface area contributed by atoms with E-state index in [0.717, 1.165) is 0 Å². The summed E-state index contributed by atoms with van der Waals surface area (Å²) in [5, 5.41) is 3.70. The zero-order valence-corrected chi connectivity index (χ0v) is 23.9. The van der Waals surface area contributed by atoms with E-state index in [-0.39, 0.29) is 48.5 Å². The van der Waals surface area contributed by atoms with E-state index in [2.05, 4.69) is 15.1 Å². The van der Waals surface area contributed by atoms with Gasteiger partial charge >= 0.3 is 6.18 Å². The first-order chi connectivity index (χ1) is 20.5. The molecular weight excluding hydrogens is 568 g/mol. The Bertz CT molecular complexity index is 1660. The normalized spacial score (nSPS) is 14.5. The number of ether oxygens (including phenoxy) is 2. The average Bonchev–Trinajstić information content (AvgIpc) is 3.66. The molecule has 8 nitrogen and oxygen atoms in total. The van der Waals surface area contributed by atoms with Crippen LogP contribution in [0.3, 0.4) is 0 Å². The summed E-state index contributed by atoms with van der Waals surface area (Å²) in [6.07, 6.45) is -0.263. The first kappa shape index (κ1) is 30.1. The second-order valence-electron chi connectivity index (χ2n) is 10.7. The summed E-state index contributed by atoms with van der Waals surface area (Å²) in [6.45, 7) is 1.16. The van der Waals surface area contributed by atoms with Gasteiger partial charge in [0.15, 0.2) is 23.0 Å². The highest BCUT2D eigenvalue weighted by Gasteiger charge is 2.66. The number of allylic oxidation sites excluding steroid dienone is 2. The third-order valence-electron chi connectivity index (χ3n) is 7.29. The van der Waals surface area contributed by atoms with Gasteiger partial charge in [-0.2, -0.15) is 13.2 Å². The number of methoxy groups -OCH3 is 1. The number of alkyl halides is 3. The molecule has 1 saturated carbocycles. The van der Waals surface area contributed by atoms with Crippen molar-refractivity contribution >= 4 is 16.8 Å². The van der Waals surface area contributed by atoms with Gasteiger partial charge in [-0.25, -0.2) is 9.37 Å². The maximum atomic E-state index is 15.0. The summed E-state index contributed by atoms with van der Waals surface area (Å²) >= 11 is 0. The summed E-state index contributed by atoms with van der Waals surface area (Å²) < 4.78 is 71.1. The molecular formula is C31H30F4N4O4. The summed E-state index contributed by atoms with van der Waals surface area (Å²) in [5.74, 6) is -0.103. The number of halogens is 4. The topological polar surface area (TPSA) is 90.6 Å². The highest BCUT2D eigenvalue weighted by molar-refractivity contribution is 5.91. The standard InChI is InChI=1S/C31H30F4N4O4/c1-39(2)11-12-42-28-17-25-24(16-27(28)41-3)36-18-26(37-25)20-8-7-19(23(32)14-20)13-22(40)6-4-5-21-15-29(43-38-21)30(9-10-30)31(33,34)35/h4,6-8,14-18H,5,9-13H2,1-3H3/b6-4+. The molecule has 2 aromatic heterocycles. The molecule has 4 aromatic rings. The molecule has 0 amide bonds. The van der Waals surface area contributed by atoms with Crippen LogP contribution >= 0.6 is 0 Å². The number of fused-ring (bicyclic) bond motifs is 1. The first-order valence-electron chi connectivity index (χ1n) is 13.6. The summed E-state index contributed by atoms with van der Waals surface area (Å²) in [5.41, 5.74) is 0.594. The average molecular weight is 599 g/mol. The number of likely N-dealkylation sites (N-methyl/N-ethyl adjacent to an activating group) is 1. The lowest BCUT2D eigenvalue weighted by atomic mass is 10.0. The van der Waals surface area contributed by atoms with Gasteiger partial charge in [0.1, 0.15) is 17.8 Å². The zero-order chi connectivity index (χ0) is 30.8. The van der Waals surface area contributed by atoms with Crippen molar-refractivity contribution in [1.29, 1.82) is 0 Å². The van der Waals surface area contributed by atoms with Crippen molar-refractivity contribution in [3.63, 3.8) is 0 Å². The molecule has 1 aliphatic rings. The molecule has 0 atom stereocenters. The van der Waals surface area contributed by atoms with Crippen molar-refractivity contribution in [2.24, 2.45) is 0 Å². The molecule has 0 unspecified atom stereocenters. The fourth-order valence-electron chi connectivity index (χ4n) is 4.61. The predicted octanol–water partition coefficient (Wildman–Crippen LogP) is 5.88. The predicted molar refractivity (Wildman–Crippen MR) is 151 cm³/mol. The van der Waals surface area contributed by atoms with Gasteiger partial charge in [-0.15, -0.1) is 0 Å². The molecule has 0 spiro atoms. The number of nitrogens with zero attached hydrogens (tertiary/aromatic N) is 4. The molecule has 2 aromatic carbocycles. The van der Waals surface area contributed by atoms with E-state index in [9.17, 15) is 18.0 Å². The number of hydrogen-bond donors (Lipinski definition) is 0. The Hall–Kier alpha value is -4.32. The monoisotopic (exact) mass is 598 g/mol. The number of aromatic nitrogens is 3. The minimum absolute atomic E-state index is 0.0281. The second kappa shape index (κ2) is 12.1. The summed E-state index contributed by atoms with van der Waals surface area (Å²) in [6, 6.07) is 9.21. The van der Waals surface area contributed by atoms with Crippen molar-refractivity contribution in [1.82, 2.24) is 20.0 Å². The second-order valence-corrected chi connectivity index (χ2v) is 10.7. The molecule has 43 heavy (non-hydrogen) atoms. The minimum atomic E-state index is -4.39. The highest BCUT2D eigenvalue weighted by Crippen LogP contribution is 2.59. The molecule has 0 radical (unpaired) electrons. The van der Waals surface area contributed by atoms with Crippen LogP contribution in [0.5, 0.6) is 11.5 Å².